The Balaban J connectivity index is 1.62. The van der Waals surface area contributed by atoms with E-state index in [1.54, 1.807) is 18.2 Å². The van der Waals surface area contributed by atoms with Crippen molar-refractivity contribution in [2.45, 2.75) is 46.1 Å². The number of fused-ring (bicyclic) bond motifs is 3. The molecule has 3 aromatic carbocycles. The maximum absolute atomic E-state index is 13.3. The zero-order valence-corrected chi connectivity index (χ0v) is 22.7. The van der Waals surface area contributed by atoms with E-state index in [4.69, 9.17) is 9.68 Å². The number of hydrogen-bond acceptors (Lipinski definition) is 8. The first kappa shape index (κ1) is 26.2. The second-order valence-electron chi connectivity index (χ2n) is 9.69. The first-order valence-corrected chi connectivity index (χ1v) is 13.3. The van der Waals surface area contributed by atoms with Gasteiger partial charge in [0.05, 0.1) is 5.71 Å². The van der Waals surface area contributed by atoms with Crippen LogP contribution >= 0.6 is 11.3 Å². The molecule has 4 aromatic rings. The van der Waals surface area contributed by atoms with Gasteiger partial charge in [-0.15, -0.1) is 11.3 Å². The van der Waals surface area contributed by atoms with E-state index in [9.17, 15) is 19.2 Å². The molecule has 5 rings (SSSR count). The van der Waals surface area contributed by atoms with E-state index in [1.807, 2.05) is 56.3 Å². The molecular weight excluding hydrogens is 516 g/mol. The molecule has 0 spiro atoms. The van der Waals surface area contributed by atoms with E-state index in [1.165, 1.54) is 25.2 Å². The second-order valence-corrected chi connectivity index (χ2v) is 10.8. The maximum Gasteiger partial charge on any atom is 0.331 e. The van der Waals surface area contributed by atoms with Crippen molar-refractivity contribution in [2.75, 3.05) is 0 Å². The number of carbonyl (C=O) groups excluding carboxylic acids is 3. The van der Waals surface area contributed by atoms with Gasteiger partial charge in [0.25, 0.3) is 5.91 Å². The normalized spacial score (nSPS) is 15.2. The van der Waals surface area contributed by atoms with Crippen molar-refractivity contribution in [2.24, 2.45) is 5.16 Å². The van der Waals surface area contributed by atoms with Gasteiger partial charge in [-0.1, -0.05) is 49.3 Å². The lowest BCUT2D eigenvalue weighted by atomic mass is 9.93. The van der Waals surface area contributed by atoms with Gasteiger partial charge in [-0.3, -0.25) is 14.4 Å². The Morgan fingerprint density at radius 2 is 1.69 bits per heavy atom. The number of hydroxylamine groups is 2. The van der Waals surface area contributed by atoms with E-state index in [2.05, 4.69) is 5.16 Å². The predicted molar refractivity (Wildman–Crippen MR) is 150 cm³/mol. The van der Waals surface area contributed by atoms with E-state index < -0.39 is 23.9 Å². The molecule has 9 heteroatoms. The molecule has 1 atom stereocenters. The van der Waals surface area contributed by atoms with Crippen molar-refractivity contribution in [3.63, 3.8) is 0 Å². The monoisotopic (exact) mass is 542 g/mol. The van der Waals surface area contributed by atoms with Gasteiger partial charge in [0.1, 0.15) is 6.04 Å². The molecular formula is C30H26N2O6S. The van der Waals surface area contributed by atoms with Crippen LogP contribution in [-0.2, 0) is 19.3 Å². The lowest BCUT2D eigenvalue weighted by Gasteiger charge is -2.23. The Hall–Kier alpha value is -4.37. The third kappa shape index (κ3) is 5.05. The molecule has 1 amide bonds. The lowest BCUT2D eigenvalue weighted by Crippen LogP contribution is -2.31. The number of nitrogens with zero attached hydrogens (tertiary/aromatic N) is 2. The molecule has 0 saturated carbocycles. The van der Waals surface area contributed by atoms with Gasteiger partial charge in [-0.05, 0) is 47.4 Å². The van der Waals surface area contributed by atoms with Crippen LogP contribution in [0.1, 0.15) is 73.1 Å². The zero-order valence-electron chi connectivity index (χ0n) is 21.9. The standard InChI is InChI=1S/C30H26N2O6S/c1-16(2)19-9-11-21-23(13-19)30(36)32(38-18(4)34)26(21)15-25(31-37-17(3)33)20-10-12-28-24(14-20)29(35)22-7-5-6-8-27(22)39-28/h5-14,16,26H,15H2,1-4H3/b31-25+. The molecule has 1 aliphatic heterocycles. The van der Waals surface area contributed by atoms with Gasteiger partial charge in [0.15, 0.2) is 5.43 Å². The van der Waals surface area contributed by atoms with Crippen LogP contribution in [0.15, 0.2) is 70.6 Å². The smallest absolute Gasteiger partial charge is 0.331 e. The second kappa shape index (κ2) is 10.4. The summed E-state index contributed by atoms with van der Waals surface area (Å²) in [4.78, 5) is 60.6. The van der Waals surface area contributed by atoms with Crippen LogP contribution in [0.25, 0.3) is 20.2 Å². The quantitative estimate of drug-likeness (QED) is 0.131. The number of carbonyl (C=O) groups is 3. The van der Waals surface area contributed by atoms with Gasteiger partial charge in [-0.2, -0.15) is 5.06 Å². The molecule has 1 unspecified atom stereocenters. The highest BCUT2D eigenvalue weighted by Gasteiger charge is 2.40. The summed E-state index contributed by atoms with van der Waals surface area (Å²) in [6.45, 7) is 6.52. The summed E-state index contributed by atoms with van der Waals surface area (Å²) in [5.41, 5.74) is 2.83. The van der Waals surface area contributed by atoms with Crippen LogP contribution in [0, 0.1) is 0 Å². The number of amides is 1. The molecule has 0 fully saturated rings. The molecule has 1 aliphatic rings. The van der Waals surface area contributed by atoms with Gasteiger partial charge in [0, 0.05) is 51.6 Å². The first-order valence-electron chi connectivity index (χ1n) is 12.5. The van der Waals surface area contributed by atoms with Crippen LogP contribution in [0.4, 0.5) is 0 Å². The summed E-state index contributed by atoms with van der Waals surface area (Å²) in [6, 6.07) is 17.7. The molecule has 2 heterocycles. The molecule has 0 aliphatic carbocycles. The highest BCUT2D eigenvalue weighted by molar-refractivity contribution is 7.24. The van der Waals surface area contributed by atoms with Crippen LogP contribution in [0.5, 0.6) is 0 Å². The van der Waals surface area contributed by atoms with Gasteiger partial charge < -0.3 is 9.68 Å². The fourth-order valence-corrected chi connectivity index (χ4v) is 5.78. The topological polar surface area (TPSA) is 102 Å². The van der Waals surface area contributed by atoms with Crippen molar-refractivity contribution in [3.05, 3.63) is 93.1 Å². The summed E-state index contributed by atoms with van der Waals surface area (Å²) in [7, 11) is 0. The summed E-state index contributed by atoms with van der Waals surface area (Å²) in [5, 5.41) is 6.28. The van der Waals surface area contributed by atoms with Crippen molar-refractivity contribution in [1.82, 2.24) is 5.06 Å². The Labute approximate surface area is 228 Å². The number of rotatable bonds is 6. The van der Waals surface area contributed by atoms with E-state index in [0.717, 1.165) is 20.0 Å². The van der Waals surface area contributed by atoms with Crippen molar-refractivity contribution in [3.8, 4) is 0 Å². The van der Waals surface area contributed by atoms with E-state index >= 15 is 0 Å². The number of benzene rings is 3. The largest absolute Gasteiger partial charge is 0.338 e. The molecule has 0 saturated heterocycles. The molecule has 1 aromatic heterocycles. The summed E-state index contributed by atoms with van der Waals surface area (Å²) < 4.78 is 1.69. The fraction of sp³-hybridized carbons (Fsp3) is 0.233. The SMILES string of the molecule is CC(=O)O/N=C(\CC1c2ccc(C(C)C)cc2C(=O)N1OC(C)=O)c1ccc2sc3ccccc3c(=O)c2c1. The fourth-order valence-electron chi connectivity index (χ4n) is 4.72. The Morgan fingerprint density at radius 1 is 0.949 bits per heavy atom. The average Bonchev–Trinajstić information content (AvgIpc) is 3.15. The Bertz CT molecular complexity index is 1740. The highest BCUT2D eigenvalue weighted by atomic mass is 32.1. The minimum Gasteiger partial charge on any atom is -0.338 e. The predicted octanol–water partition coefficient (Wildman–Crippen LogP) is 5.87. The van der Waals surface area contributed by atoms with Crippen LogP contribution in [0.2, 0.25) is 0 Å². The average molecular weight is 543 g/mol. The third-order valence-corrected chi connectivity index (χ3v) is 7.78. The Morgan fingerprint density at radius 3 is 2.41 bits per heavy atom. The zero-order chi connectivity index (χ0) is 27.8. The summed E-state index contributed by atoms with van der Waals surface area (Å²) in [6.07, 6.45) is 0.0665. The number of hydrogen-bond donors (Lipinski definition) is 0. The van der Waals surface area contributed by atoms with Crippen LogP contribution in [0.3, 0.4) is 0 Å². The summed E-state index contributed by atoms with van der Waals surface area (Å²) >= 11 is 1.50. The minimum atomic E-state index is -0.714. The van der Waals surface area contributed by atoms with E-state index in [-0.39, 0.29) is 17.8 Å². The maximum atomic E-state index is 13.3. The minimum absolute atomic E-state index is 0.0665. The highest BCUT2D eigenvalue weighted by Crippen LogP contribution is 2.39. The van der Waals surface area contributed by atoms with Gasteiger partial charge >= 0.3 is 11.9 Å². The van der Waals surface area contributed by atoms with Crippen molar-refractivity contribution in [1.29, 1.82) is 0 Å². The van der Waals surface area contributed by atoms with Gasteiger partial charge in [-0.25, -0.2) is 4.79 Å². The Kier molecular flexibility index (Phi) is 7.01. The molecule has 8 nitrogen and oxygen atoms in total. The lowest BCUT2D eigenvalue weighted by molar-refractivity contribution is -0.181. The van der Waals surface area contributed by atoms with E-state index in [0.29, 0.717) is 33.2 Å². The molecule has 0 radical (unpaired) electrons. The number of oxime groups is 1. The summed E-state index contributed by atoms with van der Waals surface area (Å²) in [5.74, 6) is -1.50. The molecule has 0 bridgehead atoms. The molecule has 198 valence electrons. The van der Waals surface area contributed by atoms with Crippen LogP contribution < -0.4 is 5.43 Å². The van der Waals surface area contributed by atoms with Crippen molar-refractivity contribution >= 4 is 55.1 Å². The van der Waals surface area contributed by atoms with Crippen LogP contribution in [-0.4, -0.2) is 28.6 Å². The molecule has 0 N–H and O–H groups in total. The molecule has 39 heavy (non-hydrogen) atoms. The third-order valence-electron chi connectivity index (χ3n) is 6.62. The van der Waals surface area contributed by atoms with Gasteiger partial charge in [0.2, 0.25) is 0 Å². The first-order chi connectivity index (χ1) is 18.6. The van der Waals surface area contributed by atoms with Crippen molar-refractivity contribution < 1.29 is 24.1 Å².